The molecule has 0 atom stereocenters. The van der Waals surface area contributed by atoms with Crippen molar-refractivity contribution in [2.24, 2.45) is 5.41 Å². The second kappa shape index (κ2) is 5.52. The quantitative estimate of drug-likeness (QED) is 0.478. The lowest BCUT2D eigenvalue weighted by Gasteiger charge is -2.35. The molecule has 3 aromatic rings. The number of furan rings is 1. The summed E-state index contributed by atoms with van der Waals surface area (Å²) in [5.74, 6) is 0. The van der Waals surface area contributed by atoms with E-state index in [4.69, 9.17) is 4.42 Å². The summed E-state index contributed by atoms with van der Waals surface area (Å²) < 4.78 is 24.7. The van der Waals surface area contributed by atoms with Crippen LogP contribution in [0.2, 0.25) is 0 Å². The summed E-state index contributed by atoms with van der Waals surface area (Å²) >= 11 is 0. The average molecular weight is 350 g/mol. The van der Waals surface area contributed by atoms with E-state index in [-0.39, 0.29) is 5.41 Å². The lowest BCUT2D eigenvalue weighted by Crippen LogP contribution is -2.38. The third-order valence-electron chi connectivity index (χ3n) is 6.51. The van der Waals surface area contributed by atoms with Crippen LogP contribution in [0, 0.1) is 12.3 Å². The molecule has 136 valence electrons. The second-order valence-corrected chi connectivity index (χ2v) is 8.82. The highest BCUT2D eigenvalue weighted by Gasteiger charge is 2.49. The van der Waals surface area contributed by atoms with Crippen LogP contribution in [0.1, 0.15) is 60.6 Å². The predicted octanol–water partition coefficient (Wildman–Crippen LogP) is 6.83. The molecule has 1 aliphatic carbocycles. The summed E-state index contributed by atoms with van der Waals surface area (Å²) in [5, 5.41) is 2.25. The number of hydrogen-bond donors (Lipinski definition) is 0. The van der Waals surface area contributed by atoms with Crippen LogP contribution in [-0.2, 0) is 0 Å². The first-order valence-electron chi connectivity index (χ1n) is 11.0. The van der Waals surface area contributed by atoms with Gasteiger partial charge in [-0.05, 0) is 57.0 Å². The molecule has 2 nitrogen and oxygen atoms in total. The molecule has 1 spiro atoms. The summed E-state index contributed by atoms with van der Waals surface area (Å²) in [6.45, 7) is 7.05. The standard InChI is InChI=1S/C24H29NO/c1-17-11-12-19-18-9-5-6-10-20(18)26-22(19)21(17)25-16-24(15-23(25,2)3)13-7-4-8-14-24/h5-6,9-12H,4,7-8,13-16H2,1-3H3/i15D2. The van der Waals surface area contributed by atoms with E-state index in [0.29, 0.717) is 0 Å². The first-order chi connectivity index (χ1) is 13.3. The molecule has 0 radical (unpaired) electrons. The highest BCUT2D eigenvalue weighted by Crippen LogP contribution is 2.53. The van der Waals surface area contributed by atoms with Gasteiger partial charge in [0, 0.05) is 25.6 Å². The molecule has 2 aliphatic rings. The third kappa shape index (κ3) is 2.31. The van der Waals surface area contributed by atoms with Crippen molar-refractivity contribution in [1.82, 2.24) is 0 Å². The van der Waals surface area contributed by atoms with Gasteiger partial charge in [-0.25, -0.2) is 0 Å². The highest BCUT2D eigenvalue weighted by molar-refractivity contribution is 6.09. The van der Waals surface area contributed by atoms with Gasteiger partial charge in [-0.3, -0.25) is 0 Å². The molecule has 2 fully saturated rings. The molecule has 1 aliphatic heterocycles. The van der Waals surface area contributed by atoms with E-state index in [1.807, 2.05) is 18.2 Å². The number of benzene rings is 2. The van der Waals surface area contributed by atoms with Crippen molar-refractivity contribution in [3.63, 3.8) is 0 Å². The second-order valence-electron chi connectivity index (χ2n) is 8.82. The van der Waals surface area contributed by atoms with E-state index in [1.165, 1.54) is 6.42 Å². The molecule has 26 heavy (non-hydrogen) atoms. The van der Waals surface area contributed by atoms with Crippen molar-refractivity contribution in [3.8, 4) is 0 Å². The Morgan fingerprint density at radius 1 is 1.00 bits per heavy atom. The van der Waals surface area contributed by atoms with E-state index in [0.717, 1.165) is 65.4 Å². The average Bonchev–Trinajstić information content (AvgIpc) is 3.11. The van der Waals surface area contributed by atoms with Gasteiger partial charge in [0.05, 0.1) is 5.69 Å². The van der Waals surface area contributed by atoms with Crippen LogP contribution in [0.5, 0.6) is 0 Å². The molecule has 1 saturated heterocycles. The molecule has 0 unspecified atom stereocenters. The zero-order chi connectivity index (χ0) is 19.7. The van der Waals surface area contributed by atoms with Gasteiger partial charge < -0.3 is 9.32 Å². The molecule has 0 bridgehead atoms. The number of fused-ring (bicyclic) bond motifs is 3. The van der Waals surface area contributed by atoms with Crippen molar-refractivity contribution in [1.29, 1.82) is 0 Å². The molecular formula is C24H29NO. The van der Waals surface area contributed by atoms with Gasteiger partial charge in [0.15, 0.2) is 5.58 Å². The van der Waals surface area contributed by atoms with Gasteiger partial charge >= 0.3 is 0 Å². The maximum Gasteiger partial charge on any atom is 0.158 e. The number of para-hydroxylation sites is 1. The largest absolute Gasteiger partial charge is 0.454 e. The molecule has 1 saturated carbocycles. The first-order valence-corrected chi connectivity index (χ1v) is 9.97. The maximum atomic E-state index is 9.19. The van der Waals surface area contributed by atoms with Gasteiger partial charge in [-0.15, -0.1) is 0 Å². The Balaban J connectivity index is 1.74. The monoisotopic (exact) mass is 349 g/mol. The van der Waals surface area contributed by atoms with Crippen LogP contribution < -0.4 is 4.90 Å². The summed E-state index contributed by atoms with van der Waals surface area (Å²) in [7, 11) is 0. The molecule has 0 N–H and O–H groups in total. The van der Waals surface area contributed by atoms with Gasteiger partial charge in [0.2, 0.25) is 0 Å². The van der Waals surface area contributed by atoms with E-state index < -0.39 is 11.9 Å². The van der Waals surface area contributed by atoms with Crippen molar-refractivity contribution >= 4 is 27.6 Å². The fourth-order valence-corrected chi connectivity index (χ4v) is 5.34. The van der Waals surface area contributed by atoms with Crippen LogP contribution in [0.3, 0.4) is 0 Å². The van der Waals surface area contributed by atoms with Crippen molar-refractivity contribution in [2.45, 2.75) is 64.8 Å². The molecule has 2 heteroatoms. The van der Waals surface area contributed by atoms with Gasteiger partial charge in [-0.2, -0.15) is 0 Å². The van der Waals surface area contributed by atoms with Crippen LogP contribution in [0.25, 0.3) is 21.9 Å². The van der Waals surface area contributed by atoms with Crippen molar-refractivity contribution in [3.05, 3.63) is 42.0 Å². The highest BCUT2D eigenvalue weighted by atomic mass is 16.3. The lowest BCUT2D eigenvalue weighted by atomic mass is 9.71. The van der Waals surface area contributed by atoms with Crippen LogP contribution in [0.4, 0.5) is 5.69 Å². The molecule has 2 heterocycles. The fourth-order valence-electron chi connectivity index (χ4n) is 5.34. The summed E-state index contributed by atoms with van der Waals surface area (Å²) in [4.78, 5) is 2.33. The Kier molecular flexibility index (Phi) is 3.00. The summed E-state index contributed by atoms with van der Waals surface area (Å²) in [6, 6.07) is 12.5. The molecule has 2 aromatic carbocycles. The van der Waals surface area contributed by atoms with Crippen molar-refractivity contribution in [2.75, 3.05) is 11.4 Å². The van der Waals surface area contributed by atoms with Crippen molar-refractivity contribution < 1.29 is 7.16 Å². The SMILES string of the molecule is [2H]C1([2H])C2(CCCCC2)CN(c2c(C)ccc3c2oc2ccccc23)C1(C)C. The topological polar surface area (TPSA) is 16.4 Å². The Morgan fingerprint density at radius 3 is 2.58 bits per heavy atom. The summed E-state index contributed by atoms with van der Waals surface area (Å²) in [6.07, 6.45) is 4.22. The minimum absolute atomic E-state index is 0.268. The van der Waals surface area contributed by atoms with Gasteiger partial charge in [0.1, 0.15) is 5.58 Å². The van der Waals surface area contributed by atoms with Crippen LogP contribution in [0.15, 0.2) is 40.8 Å². The smallest absolute Gasteiger partial charge is 0.158 e. The normalized spacial score (nSPS) is 25.0. The maximum absolute atomic E-state index is 9.19. The first kappa shape index (κ1) is 14.1. The van der Waals surface area contributed by atoms with Gasteiger partial charge in [-0.1, -0.05) is 49.6 Å². The number of nitrogens with zero attached hydrogens (tertiary/aromatic N) is 1. The molecular weight excluding hydrogens is 318 g/mol. The number of anilines is 1. The van der Waals surface area contributed by atoms with Crippen LogP contribution >= 0.6 is 0 Å². The zero-order valence-corrected chi connectivity index (χ0v) is 16.1. The molecule has 1 aromatic heterocycles. The number of aryl methyl sites for hydroxylation is 1. The van der Waals surface area contributed by atoms with Gasteiger partial charge in [0.25, 0.3) is 0 Å². The Morgan fingerprint density at radius 2 is 1.77 bits per heavy atom. The number of hydrogen-bond acceptors (Lipinski definition) is 2. The lowest BCUT2D eigenvalue weighted by molar-refractivity contribution is 0.204. The Labute approximate surface area is 159 Å². The summed E-state index contributed by atoms with van der Waals surface area (Å²) in [5.41, 5.74) is 3.17. The van der Waals surface area contributed by atoms with E-state index in [1.54, 1.807) is 0 Å². The molecule has 0 amide bonds. The Hall–Kier alpha value is -1.96. The zero-order valence-electron chi connectivity index (χ0n) is 18.1. The Bertz CT molecular complexity index is 1060. The van der Waals surface area contributed by atoms with E-state index >= 15 is 0 Å². The fraction of sp³-hybridized carbons (Fsp3) is 0.500. The minimum atomic E-state index is -1.25. The van der Waals surface area contributed by atoms with E-state index in [9.17, 15) is 2.74 Å². The van der Waals surface area contributed by atoms with E-state index in [2.05, 4.69) is 43.9 Å². The predicted molar refractivity (Wildman–Crippen MR) is 110 cm³/mol. The molecule has 5 rings (SSSR count). The number of rotatable bonds is 1. The minimum Gasteiger partial charge on any atom is -0.454 e. The third-order valence-corrected chi connectivity index (χ3v) is 6.51. The van der Waals surface area contributed by atoms with Crippen LogP contribution in [-0.4, -0.2) is 12.1 Å².